The second-order valence-electron chi connectivity index (χ2n) is 6.77. The molecule has 0 fully saturated rings. The van der Waals surface area contributed by atoms with Gasteiger partial charge in [0.1, 0.15) is 5.01 Å². The maximum Gasteiger partial charge on any atom is 0.277 e. The summed E-state index contributed by atoms with van der Waals surface area (Å²) in [5.74, 6) is 2.58. The molecule has 0 aliphatic rings. The minimum Gasteiger partial charge on any atom is -0.493 e. The van der Waals surface area contributed by atoms with Gasteiger partial charge in [-0.25, -0.2) is 4.98 Å². The third kappa shape index (κ3) is 4.73. The number of methoxy groups -OCH3 is 3. The molecule has 2 aromatic carbocycles. The van der Waals surface area contributed by atoms with E-state index in [1.807, 2.05) is 0 Å². The first-order chi connectivity index (χ1) is 15.6. The zero-order valence-corrected chi connectivity index (χ0v) is 19.9. The highest BCUT2D eigenvalue weighted by molar-refractivity contribution is 7.98. The lowest BCUT2D eigenvalue weighted by molar-refractivity contribution is 0.324. The van der Waals surface area contributed by atoms with Crippen LogP contribution >= 0.6 is 23.1 Å². The smallest absolute Gasteiger partial charge is 0.277 e. The van der Waals surface area contributed by atoms with Crippen LogP contribution in [0.25, 0.3) is 22.0 Å². The van der Waals surface area contributed by atoms with E-state index in [2.05, 4.69) is 46.8 Å². The van der Waals surface area contributed by atoms with Crippen LogP contribution in [0.2, 0.25) is 0 Å². The third-order valence-electron chi connectivity index (χ3n) is 4.82. The molecule has 0 N–H and O–H groups in total. The van der Waals surface area contributed by atoms with E-state index in [0.29, 0.717) is 39.7 Å². The van der Waals surface area contributed by atoms with Crippen molar-refractivity contribution in [1.29, 1.82) is 0 Å². The molecule has 0 radical (unpaired) electrons. The second-order valence-corrected chi connectivity index (χ2v) is 8.55. The quantitative estimate of drug-likeness (QED) is 0.287. The van der Waals surface area contributed by atoms with Crippen molar-refractivity contribution in [2.45, 2.75) is 24.3 Å². The van der Waals surface area contributed by atoms with Gasteiger partial charge in [0.15, 0.2) is 11.5 Å². The minimum absolute atomic E-state index is 0.377. The largest absolute Gasteiger partial charge is 0.493 e. The van der Waals surface area contributed by atoms with Gasteiger partial charge < -0.3 is 18.6 Å². The number of ether oxygens (including phenoxy) is 3. The number of nitrogens with zero attached hydrogens (tertiary/aromatic N) is 3. The summed E-state index contributed by atoms with van der Waals surface area (Å²) in [7, 11) is 4.69. The maximum atomic E-state index is 5.85. The fourth-order valence-corrected chi connectivity index (χ4v) is 4.70. The lowest BCUT2D eigenvalue weighted by atomic mass is 10.1. The normalized spacial score (nSPS) is 10.9. The van der Waals surface area contributed by atoms with Crippen LogP contribution < -0.4 is 14.2 Å². The molecular weight excluding hydrogens is 446 g/mol. The predicted molar refractivity (Wildman–Crippen MR) is 126 cm³/mol. The number of benzene rings is 2. The molecule has 7 nitrogen and oxygen atoms in total. The van der Waals surface area contributed by atoms with E-state index in [1.54, 1.807) is 44.8 Å². The molecule has 0 bridgehead atoms. The van der Waals surface area contributed by atoms with E-state index < -0.39 is 0 Å². The molecule has 9 heteroatoms. The van der Waals surface area contributed by atoms with E-state index in [0.717, 1.165) is 22.7 Å². The van der Waals surface area contributed by atoms with Gasteiger partial charge in [-0.1, -0.05) is 43.0 Å². The van der Waals surface area contributed by atoms with Crippen LogP contribution in [0.3, 0.4) is 0 Å². The van der Waals surface area contributed by atoms with Gasteiger partial charge in [-0.2, -0.15) is 0 Å². The number of aryl methyl sites for hydroxylation is 1. The highest BCUT2D eigenvalue weighted by Crippen LogP contribution is 2.41. The van der Waals surface area contributed by atoms with Gasteiger partial charge in [0.2, 0.25) is 11.6 Å². The Bertz CT molecular complexity index is 1160. The summed E-state index contributed by atoms with van der Waals surface area (Å²) in [6, 6.07) is 12.1. The number of thioether (sulfide) groups is 1. The maximum absolute atomic E-state index is 5.85. The Morgan fingerprint density at radius 1 is 0.938 bits per heavy atom. The second kappa shape index (κ2) is 10.1. The molecule has 0 aliphatic carbocycles. The Hall–Kier alpha value is -3.04. The number of aromatic nitrogens is 3. The van der Waals surface area contributed by atoms with Crippen LogP contribution in [0.1, 0.15) is 18.2 Å². The summed E-state index contributed by atoms with van der Waals surface area (Å²) < 4.78 is 22.0. The molecule has 2 heterocycles. The molecule has 0 saturated carbocycles. The molecule has 32 heavy (non-hydrogen) atoms. The molecule has 166 valence electrons. The van der Waals surface area contributed by atoms with Crippen LogP contribution in [0.5, 0.6) is 17.2 Å². The van der Waals surface area contributed by atoms with Crippen molar-refractivity contribution < 1.29 is 18.6 Å². The van der Waals surface area contributed by atoms with E-state index in [-0.39, 0.29) is 0 Å². The standard InChI is InChI=1S/C23H23N3O4S2/c1-5-14-6-8-15(9-7-14)22-24-17(12-31-22)13-32-23-26-25-21(30-23)16-10-18(27-2)20(29-4)19(11-16)28-3/h6-12H,5,13H2,1-4H3. The molecule has 0 spiro atoms. The predicted octanol–water partition coefficient (Wildman–Crippen LogP) is 5.74. The van der Waals surface area contributed by atoms with Crippen molar-refractivity contribution in [3.8, 4) is 39.3 Å². The molecule has 0 unspecified atom stereocenters. The molecular formula is C23H23N3O4S2. The Morgan fingerprint density at radius 3 is 2.28 bits per heavy atom. The Labute approximate surface area is 194 Å². The minimum atomic E-state index is 0.377. The molecule has 0 atom stereocenters. The van der Waals surface area contributed by atoms with E-state index in [1.165, 1.54) is 17.3 Å². The van der Waals surface area contributed by atoms with Crippen LogP contribution in [-0.2, 0) is 12.2 Å². The first-order valence-corrected chi connectivity index (χ1v) is 11.8. The van der Waals surface area contributed by atoms with Gasteiger partial charge in [-0.15, -0.1) is 21.5 Å². The van der Waals surface area contributed by atoms with Gasteiger partial charge in [-0.3, -0.25) is 0 Å². The van der Waals surface area contributed by atoms with E-state index in [4.69, 9.17) is 23.6 Å². The summed E-state index contributed by atoms with van der Waals surface area (Å²) >= 11 is 3.08. The number of thiazole rings is 1. The Balaban J connectivity index is 1.46. The topological polar surface area (TPSA) is 79.5 Å². The lowest BCUT2D eigenvalue weighted by Crippen LogP contribution is -1.95. The van der Waals surface area contributed by atoms with Crippen LogP contribution in [-0.4, -0.2) is 36.5 Å². The monoisotopic (exact) mass is 469 g/mol. The average molecular weight is 470 g/mol. The SMILES string of the molecule is CCc1ccc(-c2nc(CSc3nnc(-c4cc(OC)c(OC)c(OC)c4)o3)cs2)cc1. The first-order valence-electron chi connectivity index (χ1n) is 9.95. The first kappa shape index (κ1) is 22.2. The molecule has 0 saturated heterocycles. The zero-order valence-electron chi connectivity index (χ0n) is 18.2. The van der Waals surface area contributed by atoms with Gasteiger partial charge in [0, 0.05) is 22.3 Å². The van der Waals surface area contributed by atoms with Crippen LogP contribution in [0.4, 0.5) is 0 Å². The fraction of sp³-hybridized carbons (Fsp3) is 0.261. The third-order valence-corrected chi connectivity index (χ3v) is 6.61. The number of hydrogen-bond acceptors (Lipinski definition) is 9. The van der Waals surface area contributed by atoms with Gasteiger partial charge in [0.05, 0.1) is 27.0 Å². The van der Waals surface area contributed by atoms with Crippen molar-refractivity contribution in [1.82, 2.24) is 15.2 Å². The summed E-state index contributed by atoms with van der Waals surface area (Å²) in [6.07, 6.45) is 1.03. The molecule has 2 aromatic heterocycles. The lowest BCUT2D eigenvalue weighted by Gasteiger charge is -2.12. The molecule has 0 amide bonds. The zero-order chi connectivity index (χ0) is 22.5. The van der Waals surface area contributed by atoms with Gasteiger partial charge >= 0.3 is 0 Å². The van der Waals surface area contributed by atoms with Gasteiger partial charge in [0.25, 0.3) is 5.22 Å². The summed E-state index contributed by atoms with van der Waals surface area (Å²) in [5.41, 5.74) is 4.11. The van der Waals surface area contributed by atoms with E-state index in [9.17, 15) is 0 Å². The van der Waals surface area contributed by atoms with Crippen LogP contribution in [0.15, 0.2) is 51.4 Å². The number of rotatable bonds is 9. The highest BCUT2D eigenvalue weighted by Gasteiger charge is 2.18. The summed E-state index contributed by atoms with van der Waals surface area (Å²) in [4.78, 5) is 4.74. The summed E-state index contributed by atoms with van der Waals surface area (Å²) in [6.45, 7) is 2.15. The average Bonchev–Trinajstić information content (AvgIpc) is 3.51. The highest BCUT2D eigenvalue weighted by atomic mass is 32.2. The van der Waals surface area contributed by atoms with Crippen LogP contribution in [0, 0.1) is 0 Å². The fourth-order valence-electron chi connectivity index (χ4n) is 3.11. The van der Waals surface area contributed by atoms with Crippen molar-refractivity contribution >= 4 is 23.1 Å². The van der Waals surface area contributed by atoms with Crippen molar-refractivity contribution in [3.05, 3.63) is 53.0 Å². The Morgan fingerprint density at radius 2 is 1.66 bits per heavy atom. The molecule has 4 aromatic rings. The summed E-state index contributed by atoms with van der Waals surface area (Å²) in [5, 5.41) is 11.9. The van der Waals surface area contributed by atoms with Gasteiger partial charge in [-0.05, 0) is 24.1 Å². The van der Waals surface area contributed by atoms with Crippen molar-refractivity contribution in [2.24, 2.45) is 0 Å². The Kier molecular flexibility index (Phi) is 6.96. The molecule has 4 rings (SSSR count). The van der Waals surface area contributed by atoms with E-state index >= 15 is 0 Å². The number of hydrogen-bond donors (Lipinski definition) is 0. The van der Waals surface area contributed by atoms with Crippen molar-refractivity contribution in [3.63, 3.8) is 0 Å². The van der Waals surface area contributed by atoms with Crippen molar-refractivity contribution in [2.75, 3.05) is 21.3 Å². The molecule has 0 aliphatic heterocycles.